The molecule has 0 aliphatic rings. The maximum atomic E-state index is 4.23. The molecular formula is C12H13BrN2S. The van der Waals surface area contributed by atoms with Crippen LogP contribution in [0.3, 0.4) is 0 Å². The summed E-state index contributed by atoms with van der Waals surface area (Å²) in [6.45, 7) is 4.94. The lowest BCUT2D eigenvalue weighted by Crippen LogP contribution is -1.97. The molecule has 4 heteroatoms. The summed E-state index contributed by atoms with van der Waals surface area (Å²) in [6, 6.07) is 6.29. The van der Waals surface area contributed by atoms with Crippen molar-refractivity contribution in [1.82, 2.24) is 4.98 Å². The fourth-order valence-electron chi connectivity index (χ4n) is 1.38. The molecule has 16 heavy (non-hydrogen) atoms. The summed E-state index contributed by atoms with van der Waals surface area (Å²) in [4.78, 5) is 5.49. The molecule has 84 valence electrons. The van der Waals surface area contributed by atoms with Crippen LogP contribution in [0.5, 0.6) is 0 Å². The highest BCUT2D eigenvalue weighted by molar-refractivity contribution is 9.10. The second-order valence-electron chi connectivity index (χ2n) is 3.66. The summed E-state index contributed by atoms with van der Waals surface area (Å²) in [5, 5.41) is 4.50. The third-order valence-corrected chi connectivity index (χ3v) is 4.07. The summed E-state index contributed by atoms with van der Waals surface area (Å²) < 4.78 is 1.14. The van der Waals surface area contributed by atoms with Gasteiger partial charge in [-0.2, -0.15) is 0 Å². The molecule has 0 aliphatic carbocycles. The number of thiazole rings is 1. The Hall–Kier alpha value is -0.870. The van der Waals surface area contributed by atoms with Gasteiger partial charge < -0.3 is 5.32 Å². The van der Waals surface area contributed by atoms with E-state index in [-0.39, 0.29) is 0 Å². The standard InChI is InChI=1S/C12H13BrN2S/c1-8-3-4-10(5-12(8)13)15-7-11-6-14-9(2)16-11/h3-6,15H,7H2,1-2H3. The second kappa shape index (κ2) is 4.97. The van der Waals surface area contributed by atoms with Crippen molar-refractivity contribution in [1.29, 1.82) is 0 Å². The van der Waals surface area contributed by atoms with Crippen LogP contribution in [0.4, 0.5) is 5.69 Å². The normalized spacial score (nSPS) is 10.4. The Morgan fingerprint density at radius 1 is 1.38 bits per heavy atom. The van der Waals surface area contributed by atoms with Crippen LogP contribution >= 0.6 is 27.3 Å². The van der Waals surface area contributed by atoms with Crippen LogP contribution in [0.25, 0.3) is 0 Å². The third kappa shape index (κ3) is 2.83. The maximum Gasteiger partial charge on any atom is 0.0897 e. The Kier molecular flexibility index (Phi) is 3.61. The lowest BCUT2D eigenvalue weighted by Gasteiger charge is -2.06. The lowest BCUT2D eigenvalue weighted by molar-refractivity contribution is 1.16. The molecular weight excluding hydrogens is 284 g/mol. The average molecular weight is 297 g/mol. The monoisotopic (exact) mass is 296 g/mol. The van der Waals surface area contributed by atoms with Gasteiger partial charge in [0.2, 0.25) is 0 Å². The van der Waals surface area contributed by atoms with E-state index in [1.807, 2.05) is 13.1 Å². The number of nitrogens with one attached hydrogen (secondary N) is 1. The first-order valence-electron chi connectivity index (χ1n) is 5.06. The fraction of sp³-hybridized carbons (Fsp3) is 0.250. The molecule has 2 nitrogen and oxygen atoms in total. The molecule has 0 bridgehead atoms. The Balaban J connectivity index is 2.02. The highest BCUT2D eigenvalue weighted by atomic mass is 79.9. The molecule has 1 aromatic heterocycles. The van der Waals surface area contributed by atoms with Crippen LogP contribution in [-0.4, -0.2) is 4.98 Å². The highest BCUT2D eigenvalue weighted by Crippen LogP contribution is 2.21. The molecule has 0 spiro atoms. The molecule has 2 rings (SSSR count). The van der Waals surface area contributed by atoms with Crippen molar-refractivity contribution in [3.05, 3.63) is 44.3 Å². The number of hydrogen-bond donors (Lipinski definition) is 1. The lowest BCUT2D eigenvalue weighted by atomic mass is 10.2. The predicted molar refractivity (Wildman–Crippen MR) is 73.1 cm³/mol. The van der Waals surface area contributed by atoms with E-state index in [4.69, 9.17) is 0 Å². The summed E-state index contributed by atoms with van der Waals surface area (Å²) in [6.07, 6.45) is 1.93. The molecule has 0 fully saturated rings. The molecule has 0 saturated heterocycles. The number of halogens is 1. The van der Waals surface area contributed by atoms with Crippen LogP contribution < -0.4 is 5.32 Å². The van der Waals surface area contributed by atoms with Gasteiger partial charge in [0.1, 0.15) is 0 Å². The number of aryl methyl sites for hydroxylation is 2. The highest BCUT2D eigenvalue weighted by Gasteiger charge is 2.00. The SMILES string of the molecule is Cc1ncc(CNc2ccc(C)c(Br)c2)s1. The predicted octanol–water partition coefficient (Wildman–Crippen LogP) is 4.13. The molecule has 0 aliphatic heterocycles. The summed E-state index contributed by atoms with van der Waals surface area (Å²) in [7, 11) is 0. The first-order chi connectivity index (χ1) is 7.65. The largest absolute Gasteiger partial charge is 0.380 e. The van der Waals surface area contributed by atoms with Crippen LogP contribution in [0.1, 0.15) is 15.4 Å². The zero-order valence-electron chi connectivity index (χ0n) is 9.25. The molecule has 0 radical (unpaired) electrons. The van der Waals surface area contributed by atoms with E-state index in [0.717, 1.165) is 21.7 Å². The number of rotatable bonds is 3. The van der Waals surface area contributed by atoms with Gasteiger partial charge in [-0.3, -0.25) is 0 Å². The van der Waals surface area contributed by atoms with Crippen molar-refractivity contribution in [2.75, 3.05) is 5.32 Å². The summed E-state index contributed by atoms with van der Waals surface area (Å²) in [5.41, 5.74) is 2.38. The third-order valence-electron chi connectivity index (χ3n) is 2.31. The van der Waals surface area contributed by atoms with E-state index in [9.17, 15) is 0 Å². The zero-order chi connectivity index (χ0) is 11.5. The molecule has 1 N–H and O–H groups in total. The van der Waals surface area contributed by atoms with E-state index in [1.54, 1.807) is 11.3 Å². The van der Waals surface area contributed by atoms with Crippen LogP contribution in [0, 0.1) is 13.8 Å². The Morgan fingerprint density at radius 3 is 2.81 bits per heavy atom. The molecule has 0 saturated carbocycles. The molecule has 1 aromatic carbocycles. The smallest absolute Gasteiger partial charge is 0.0897 e. The maximum absolute atomic E-state index is 4.23. The van der Waals surface area contributed by atoms with Crippen molar-refractivity contribution in [3.8, 4) is 0 Å². The molecule has 0 atom stereocenters. The van der Waals surface area contributed by atoms with Crippen molar-refractivity contribution >= 4 is 33.0 Å². The van der Waals surface area contributed by atoms with Crippen molar-refractivity contribution in [2.24, 2.45) is 0 Å². The minimum absolute atomic E-state index is 0.834. The van der Waals surface area contributed by atoms with Gasteiger partial charge in [-0.05, 0) is 31.5 Å². The number of nitrogens with zero attached hydrogens (tertiary/aromatic N) is 1. The van der Waals surface area contributed by atoms with E-state index in [0.29, 0.717) is 0 Å². The van der Waals surface area contributed by atoms with Gasteiger partial charge in [-0.15, -0.1) is 11.3 Å². The first kappa shape index (κ1) is 11.6. The number of aromatic nitrogens is 1. The van der Waals surface area contributed by atoms with Crippen molar-refractivity contribution < 1.29 is 0 Å². The Labute approximate surface area is 108 Å². The number of hydrogen-bond acceptors (Lipinski definition) is 3. The van der Waals surface area contributed by atoms with Gasteiger partial charge in [0, 0.05) is 21.2 Å². The fourth-order valence-corrected chi connectivity index (χ4v) is 2.49. The molecule has 1 heterocycles. The number of anilines is 1. The summed E-state index contributed by atoms with van der Waals surface area (Å²) in [5.74, 6) is 0. The minimum atomic E-state index is 0.834. The molecule has 0 unspecified atom stereocenters. The van der Waals surface area contributed by atoms with Gasteiger partial charge in [0.25, 0.3) is 0 Å². The topological polar surface area (TPSA) is 24.9 Å². The first-order valence-corrected chi connectivity index (χ1v) is 6.67. The van der Waals surface area contributed by atoms with Crippen molar-refractivity contribution in [3.63, 3.8) is 0 Å². The summed E-state index contributed by atoms with van der Waals surface area (Å²) >= 11 is 5.26. The second-order valence-corrected chi connectivity index (χ2v) is 5.84. The van der Waals surface area contributed by atoms with Crippen LogP contribution in [0.15, 0.2) is 28.9 Å². The van der Waals surface area contributed by atoms with E-state index >= 15 is 0 Å². The van der Waals surface area contributed by atoms with E-state index in [1.165, 1.54) is 10.4 Å². The zero-order valence-corrected chi connectivity index (χ0v) is 11.7. The van der Waals surface area contributed by atoms with Crippen LogP contribution in [0.2, 0.25) is 0 Å². The molecule has 0 amide bonds. The number of benzene rings is 1. The quantitative estimate of drug-likeness (QED) is 0.921. The van der Waals surface area contributed by atoms with Crippen molar-refractivity contribution in [2.45, 2.75) is 20.4 Å². The van der Waals surface area contributed by atoms with Gasteiger partial charge in [0.05, 0.1) is 11.6 Å². The van der Waals surface area contributed by atoms with Gasteiger partial charge in [-0.1, -0.05) is 22.0 Å². The average Bonchev–Trinajstić information content (AvgIpc) is 2.66. The van der Waals surface area contributed by atoms with Gasteiger partial charge in [0.15, 0.2) is 0 Å². The van der Waals surface area contributed by atoms with E-state index < -0.39 is 0 Å². The van der Waals surface area contributed by atoms with Crippen LogP contribution in [-0.2, 0) is 6.54 Å². The van der Waals surface area contributed by atoms with Gasteiger partial charge >= 0.3 is 0 Å². The Bertz CT molecular complexity index is 494. The van der Waals surface area contributed by atoms with E-state index in [2.05, 4.69) is 51.4 Å². The Morgan fingerprint density at radius 2 is 2.19 bits per heavy atom. The molecule has 2 aromatic rings. The minimum Gasteiger partial charge on any atom is -0.380 e. The van der Waals surface area contributed by atoms with Gasteiger partial charge in [-0.25, -0.2) is 4.98 Å².